The zero-order valence-electron chi connectivity index (χ0n) is 10.1. The quantitative estimate of drug-likeness (QED) is 0.889. The second kappa shape index (κ2) is 4.50. The number of carbonyl (C=O) groups is 1. The highest BCUT2D eigenvalue weighted by Gasteiger charge is 2.22. The molecule has 1 aromatic carbocycles. The monoisotopic (exact) mass is 253 g/mol. The summed E-state index contributed by atoms with van der Waals surface area (Å²) in [4.78, 5) is 13.6. The van der Waals surface area contributed by atoms with E-state index in [1.54, 1.807) is 24.5 Å². The molecule has 1 aliphatic rings. The maximum atomic E-state index is 11.7. The Morgan fingerprint density at radius 1 is 1.42 bits per heavy atom. The average molecular weight is 253 g/mol. The second-order valence-electron chi connectivity index (χ2n) is 4.33. The first-order valence-corrected chi connectivity index (χ1v) is 5.87. The molecule has 5 nitrogen and oxygen atoms in total. The van der Waals surface area contributed by atoms with Crippen LogP contribution in [0, 0.1) is 11.3 Å². The molecule has 3 rings (SSSR count). The maximum Gasteiger partial charge on any atom is 0.243 e. The zero-order valence-corrected chi connectivity index (χ0v) is 10.1. The van der Waals surface area contributed by atoms with Crippen LogP contribution < -0.4 is 10.2 Å². The molecule has 5 heteroatoms. The predicted molar refractivity (Wildman–Crippen MR) is 69.5 cm³/mol. The number of hydrogen-bond acceptors (Lipinski definition) is 4. The van der Waals surface area contributed by atoms with Crippen LogP contribution in [0.3, 0.4) is 0 Å². The van der Waals surface area contributed by atoms with E-state index < -0.39 is 0 Å². The van der Waals surface area contributed by atoms with Gasteiger partial charge in [0, 0.05) is 0 Å². The van der Waals surface area contributed by atoms with Gasteiger partial charge in [0.15, 0.2) is 0 Å². The molecule has 1 aliphatic heterocycles. The van der Waals surface area contributed by atoms with Crippen molar-refractivity contribution in [1.82, 2.24) is 0 Å². The first kappa shape index (κ1) is 11.4. The van der Waals surface area contributed by atoms with E-state index in [4.69, 9.17) is 9.68 Å². The summed E-state index contributed by atoms with van der Waals surface area (Å²) in [5.74, 6) is 0.715. The number of carbonyl (C=O) groups excluding carboxylic acids is 1. The van der Waals surface area contributed by atoms with E-state index in [2.05, 4.69) is 11.4 Å². The molecule has 0 fully saturated rings. The SMILES string of the molecule is N#Cc1ccc2c(c1)N(Cc1ccco1)CC(=O)N2. The third kappa shape index (κ3) is 2.16. The fourth-order valence-electron chi connectivity index (χ4n) is 2.15. The topological polar surface area (TPSA) is 69.3 Å². The van der Waals surface area contributed by atoms with Gasteiger partial charge in [-0.2, -0.15) is 5.26 Å². The minimum absolute atomic E-state index is 0.0660. The molecule has 2 heterocycles. The highest BCUT2D eigenvalue weighted by Crippen LogP contribution is 2.31. The standard InChI is InChI=1S/C14H11N3O2/c15-7-10-3-4-12-13(6-10)17(9-14(18)16-12)8-11-2-1-5-19-11/h1-6H,8-9H2,(H,16,18). The maximum absolute atomic E-state index is 11.7. The van der Waals surface area contributed by atoms with Crippen LogP contribution in [0.2, 0.25) is 0 Å². The lowest BCUT2D eigenvalue weighted by molar-refractivity contribution is -0.115. The van der Waals surface area contributed by atoms with Crippen molar-refractivity contribution >= 4 is 17.3 Å². The number of fused-ring (bicyclic) bond motifs is 1. The fourth-order valence-corrected chi connectivity index (χ4v) is 2.15. The minimum Gasteiger partial charge on any atom is -0.467 e. The van der Waals surface area contributed by atoms with Gasteiger partial charge >= 0.3 is 0 Å². The Hall–Kier alpha value is -2.74. The Morgan fingerprint density at radius 3 is 3.05 bits per heavy atom. The lowest BCUT2D eigenvalue weighted by Crippen LogP contribution is -2.37. The van der Waals surface area contributed by atoms with E-state index >= 15 is 0 Å². The Kier molecular flexibility index (Phi) is 2.69. The first-order valence-electron chi connectivity index (χ1n) is 5.87. The summed E-state index contributed by atoms with van der Waals surface area (Å²) in [6.45, 7) is 0.755. The minimum atomic E-state index is -0.0660. The van der Waals surface area contributed by atoms with Gasteiger partial charge in [0.25, 0.3) is 0 Å². The van der Waals surface area contributed by atoms with E-state index in [-0.39, 0.29) is 12.5 Å². The van der Waals surface area contributed by atoms with Crippen LogP contribution >= 0.6 is 0 Å². The summed E-state index contributed by atoms with van der Waals surface area (Å²) in [5.41, 5.74) is 2.14. The Labute approximate surface area is 110 Å². The van der Waals surface area contributed by atoms with Gasteiger partial charge in [0.05, 0.1) is 42.4 Å². The smallest absolute Gasteiger partial charge is 0.243 e. The molecule has 0 saturated carbocycles. The molecule has 2 aromatic rings. The molecule has 0 saturated heterocycles. The zero-order chi connectivity index (χ0) is 13.2. The molecular weight excluding hydrogens is 242 g/mol. The lowest BCUT2D eigenvalue weighted by atomic mass is 10.1. The highest BCUT2D eigenvalue weighted by atomic mass is 16.3. The molecule has 0 spiro atoms. The number of amides is 1. The van der Waals surface area contributed by atoms with Gasteiger partial charge < -0.3 is 14.6 Å². The van der Waals surface area contributed by atoms with Gasteiger partial charge in [-0.25, -0.2) is 0 Å². The number of rotatable bonds is 2. The van der Waals surface area contributed by atoms with Crippen molar-refractivity contribution in [3.63, 3.8) is 0 Å². The van der Waals surface area contributed by atoms with Crippen molar-refractivity contribution < 1.29 is 9.21 Å². The van der Waals surface area contributed by atoms with Gasteiger partial charge in [0.1, 0.15) is 5.76 Å². The molecule has 94 valence electrons. The number of furan rings is 1. The predicted octanol–water partition coefficient (Wildman–Crippen LogP) is 2.11. The number of anilines is 2. The second-order valence-corrected chi connectivity index (χ2v) is 4.33. The van der Waals surface area contributed by atoms with Crippen molar-refractivity contribution in [2.45, 2.75) is 6.54 Å². The van der Waals surface area contributed by atoms with Crippen molar-refractivity contribution in [3.05, 3.63) is 47.9 Å². The molecule has 0 radical (unpaired) electrons. The molecule has 19 heavy (non-hydrogen) atoms. The Morgan fingerprint density at radius 2 is 2.32 bits per heavy atom. The summed E-state index contributed by atoms with van der Waals surface area (Å²) in [6, 6.07) is 11.0. The van der Waals surface area contributed by atoms with E-state index in [9.17, 15) is 4.79 Å². The van der Waals surface area contributed by atoms with Gasteiger partial charge in [-0.15, -0.1) is 0 Å². The highest BCUT2D eigenvalue weighted by molar-refractivity contribution is 6.01. The van der Waals surface area contributed by atoms with Crippen LogP contribution in [0.5, 0.6) is 0 Å². The molecule has 0 bridgehead atoms. The molecule has 1 N–H and O–H groups in total. The van der Waals surface area contributed by atoms with Crippen molar-refractivity contribution in [2.24, 2.45) is 0 Å². The number of benzene rings is 1. The third-order valence-electron chi connectivity index (χ3n) is 3.00. The van der Waals surface area contributed by atoms with Crippen LogP contribution in [-0.2, 0) is 11.3 Å². The van der Waals surface area contributed by atoms with Crippen molar-refractivity contribution in [1.29, 1.82) is 5.26 Å². The molecule has 0 aliphatic carbocycles. The number of nitriles is 1. The molecule has 0 atom stereocenters. The van der Waals surface area contributed by atoms with Gasteiger partial charge in [-0.3, -0.25) is 4.79 Å². The van der Waals surface area contributed by atoms with Crippen molar-refractivity contribution in [2.75, 3.05) is 16.8 Å². The van der Waals surface area contributed by atoms with Crippen LogP contribution in [0.1, 0.15) is 11.3 Å². The summed E-state index contributed by atoms with van der Waals surface area (Å²) >= 11 is 0. The first-order chi connectivity index (χ1) is 9.26. The van der Waals surface area contributed by atoms with Gasteiger partial charge in [-0.1, -0.05) is 0 Å². The molecular formula is C14H11N3O2. The lowest BCUT2D eigenvalue weighted by Gasteiger charge is -2.30. The fraction of sp³-hybridized carbons (Fsp3) is 0.143. The summed E-state index contributed by atoms with van der Waals surface area (Å²) in [7, 11) is 0. The summed E-state index contributed by atoms with van der Waals surface area (Å²) < 4.78 is 5.30. The largest absolute Gasteiger partial charge is 0.467 e. The van der Waals surface area contributed by atoms with E-state index in [0.29, 0.717) is 12.1 Å². The third-order valence-corrected chi connectivity index (χ3v) is 3.00. The Bertz CT molecular complexity index is 656. The number of nitrogens with one attached hydrogen (secondary N) is 1. The summed E-state index contributed by atoms with van der Waals surface area (Å²) in [6.07, 6.45) is 1.60. The number of nitrogens with zero attached hydrogens (tertiary/aromatic N) is 2. The molecule has 1 aromatic heterocycles. The summed E-state index contributed by atoms with van der Waals surface area (Å²) in [5, 5.41) is 11.8. The number of hydrogen-bond donors (Lipinski definition) is 1. The van der Waals surface area contributed by atoms with Crippen LogP contribution in [0.15, 0.2) is 41.0 Å². The Balaban J connectivity index is 1.98. The van der Waals surface area contributed by atoms with Crippen LogP contribution in [-0.4, -0.2) is 12.5 Å². The van der Waals surface area contributed by atoms with Gasteiger partial charge in [-0.05, 0) is 30.3 Å². The van der Waals surface area contributed by atoms with E-state index in [0.717, 1.165) is 17.1 Å². The van der Waals surface area contributed by atoms with Gasteiger partial charge in [0.2, 0.25) is 5.91 Å². The molecule has 1 amide bonds. The van der Waals surface area contributed by atoms with Crippen molar-refractivity contribution in [3.8, 4) is 6.07 Å². The average Bonchev–Trinajstić information content (AvgIpc) is 2.91. The molecule has 0 unspecified atom stereocenters. The van der Waals surface area contributed by atoms with E-state index in [1.165, 1.54) is 0 Å². The van der Waals surface area contributed by atoms with Crippen LogP contribution in [0.25, 0.3) is 0 Å². The normalized spacial score (nSPS) is 13.6. The van der Waals surface area contributed by atoms with E-state index in [1.807, 2.05) is 17.0 Å². The van der Waals surface area contributed by atoms with Crippen LogP contribution in [0.4, 0.5) is 11.4 Å².